The van der Waals surface area contributed by atoms with Crippen LogP contribution in [0, 0.1) is 0 Å². The van der Waals surface area contributed by atoms with Crippen LogP contribution in [0.3, 0.4) is 0 Å². The molecule has 2 aliphatic heterocycles. The van der Waals surface area contributed by atoms with Crippen LogP contribution in [-0.2, 0) is 23.2 Å². The van der Waals surface area contributed by atoms with Crippen molar-refractivity contribution in [1.82, 2.24) is 9.73 Å². The highest BCUT2D eigenvalue weighted by molar-refractivity contribution is 7.86. The summed E-state index contributed by atoms with van der Waals surface area (Å²) in [5.74, 6) is 0. The first-order chi connectivity index (χ1) is 11.9. The van der Waals surface area contributed by atoms with Crippen molar-refractivity contribution in [2.24, 2.45) is 10.2 Å². The van der Waals surface area contributed by atoms with Crippen molar-refractivity contribution in [3.63, 3.8) is 0 Å². The fourth-order valence-electron chi connectivity index (χ4n) is 3.31. The van der Waals surface area contributed by atoms with Gasteiger partial charge in [-0.2, -0.15) is 17.8 Å². The molecule has 2 heterocycles. The maximum absolute atomic E-state index is 11.5. The van der Waals surface area contributed by atoms with Crippen molar-refractivity contribution in [2.75, 3.05) is 6.54 Å². The van der Waals surface area contributed by atoms with Crippen molar-refractivity contribution >= 4 is 21.6 Å². The van der Waals surface area contributed by atoms with Gasteiger partial charge in [-0.15, -0.1) is 0 Å². The van der Waals surface area contributed by atoms with Crippen molar-refractivity contribution in [3.05, 3.63) is 76.9 Å². The van der Waals surface area contributed by atoms with Crippen LogP contribution in [0.2, 0.25) is 0 Å². The summed E-state index contributed by atoms with van der Waals surface area (Å²) in [6.07, 6.45) is 0.634. The first-order valence-electron chi connectivity index (χ1n) is 7.96. The Balaban J connectivity index is 1.72. The first kappa shape index (κ1) is 16.0. The van der Waals surface area contributed by atoms with Gasteiger partial charge in [0.15, 0.2) is 0 Å². The first-order valence-corrected chi connectivity index (χ1v) is 9.46. The molecule has 2 aliphatic rings. The van der Waals surface area contributed by atoms with Crippen LogP contribution in [-0.4, -0.2) is 25.0 Å². The third kappa shape index (κ3) is 2.86. The maximum atomic E-state index is 11.5. The molecule has 4 rings (SSSR count). The fraction of sp³-hybridized carbons (Fsp3) is 0.167. The van der Waals surface area contributed by atoms with Gasteiger partial charge < -0.3 is 0 Å². The standard InChI is InChI=1S/C18H18N4O2S/c1-12-16-4-2-3-5-17(16)18(21-20-12)14-6-7-15-11-22(25(19,23)24)9-8-13(15)10-14/h2-7,10,20H,1,8-9,11H2,(H2,19,23,24). The van der Waals surface area contributed by atoms with E-state index in [-0.39, 0.29) is 0 Å². The minimum Gasteiger partial charge on any atom is -0.278 e. The molecule has 25 heavy (non-hydrogen) atoms. The van der Waals surface area contributed by atoms with Crippen molar-refractivity contribution in [2.45, 2.75) is 13.0 Å². The van der Waals surface area contributed by atoms with Crippen LogP contribution in [0.1, 0.15) is 27.8 Å². The van der Waals surface area contributed by atoms with Gasteiger partial charge in [0.2, 0.25) is 0 Å². The SMILES string of the molecule is C=C1NN=C(c2ccc3c(c2)CCN(S(N)(=O)=O)C3)c2ccccc21. The van der Waals surface area contributed by atoms with Gasteiger partial charge in [-0.1, -0.05) is 43.0 Å². The van der Waals surface area contributed by atoms with Crippen LogP contribution in [0.15, 0.2) is 54.1 Å². The fourth-order valence-corrected chi connectivity index (χ4v) is 3.97. The lowest BCUT2D eigenvalue weighted by Gasteiger charge is -2.27. The van der Waals surface area contributed by atoms with E-state index in [2.05, 4.69) is 23.2 Å². The van der Waals surface area contributed by atoms with Crippen LogP contribution in [0.5, 0.6) is 0 Å². The van der Waals surface area contributed by atoms with Crippen molar-refractivity contribution < 1.29 is 8.42 Å². The van der Waals surface area contributed by atoms with Gasteiger partial charge in [0.05, 0.1) is 11.4 Å². The Morgan fingerprint density at radius 2 is 1.88 bits per heavy atom. The number of nitrogens with two attached hydrogens (primary N) is 1. The predicted octanol–water partition coefficient (Wildman–Crippen LogP) is 1.57. The van der Waals surface area contributed by atoms with E-state index in [0.717, 1.165) is 39.2 Å². The topological polar surface area (TPSA) is 87.8 Å². The van der Waals surface area contributed by atoms with Gasteiger partial charge in [0, 0.05) is 29.8 Å². The van der Waals surface area contributed by atoms with Crippen LogP contribution < -0.4 is 10.6 Å². The van der Waals surface area contributed by atoms with E-state index < -0.39 is 10.2 Å². The van der Waals surface area contributed by atoms with E-state index in [1.807, 2.05) is 36.4 Å². The maximum Gasteiger partial charge on any atom is 0.277 e. The molecule has 7 heteroatoms. The second-order valence-electron chi connectivity index (χ2n) is 6.21. The quantitative estimate of drug-likeness (QED) is 0.858. The van der Waals surface area contributed by atoms with Gasteiger partial charge in [-0.3, -0.25) is 5.43 Å². The molecule has 2 aromatic rings. The summed E-state index contributed by atoms with van der Waals surface area (Å²) in [6.45, 7) is 4.70. The lowest BCUT2D eigenvalue weighted by atomic mass is 9.91. The number of hydrazone groups is 1. The zero-order valence-corrected chi connectivity index (χ0v) is 14.4. The van der Waals surface area contributed by atoms with E-state index in [9.17, 15) is 8.42 Å². The van der Waals surface area contributed by atoms with Crippen molar-refractivity contribution in [1.29, 1.82) is 0 Å². The molecular weight excluding hydrogens is 336 g/mol. The van der Waals surface area contributed by atoms with E-state index in [0.29, 0.717) is 19.5 Å². The van der Waals surface area contributed by atoms with Gasteiger partial charge in [-0.25, -0.2) is 5.14 Å². The van der Waals surface area contributed by atoms with Crippen molar-refractivity contribution in [3.8, 4) is 0 Å². The number of nitrogens with one attached hydrogen (secondary N) is 1. The number of rotatable bonds is 2. The molecule has 0 atom stereocenters. The Kier molecular flexibility index (Phi) is 3.72. The number of nitrogens with zero attached hydrogens (tertiary/aromatic N) is 2. The van der Waals surface area contributed by atoms with E-state index in [1.165, 1.54) is 4.31 Å². The number of hydrogen-bond donors (Lipinski definition) is 2. The lowest BCUT2D eigenvalue weighted by molar-refractivity contribution is 0.392. The molecule has 0 unspecified atom stereocenters. The predicted molar refractivity (Wildman–Crippen MR) is 97.9 cm³/mol. The molecule has 0 aliphatic carbocycles. The van der Waals surface area contributed by atoms with Gasteiger partial charge >= 0.3 is 0 Å². The molecule has 0 fully saturated rings. The molecule has 0 amide bonds. The highest BCUT2D eigenvalue weighted by atomic mass is 32.2. The average Bonchev–Trinajstić information content (AvgIpc) is 2.61. The highest BCUT2D eigenvalue weighted by Crippen LogP contribution is 2.27. The zero-order chi connectivity index (χ0) is 17.6. The summed E-state index contributed by atoms with van der Waals surface area (Å²) < 4.78 is 24.4. The average molecular weight is 354 g/mol. The van der Waals surface area contributed by atoms with Crippen LogP contribution in [0.25, 0.3) is 5.70 Å². The van der Waals surface area contributed by atoms with Crippen LogP contribution in [0.4, 0.5) is 0 Å². The molecule has 0 saturated carbocycles. The summed E-state index contributed by atoms with van der Waals surface area (Å²) in [5, 5.41) is 9.71. The Morgan fingerprint density at radius 1 is 1.12 bits per heavy atom. The van der Waals surface area contributed by atoms with E-state index >= 15 is 0 Å². The zero-order valence-electron chi connectivity index (χ0n) is 13.6. The van der Waals surface area contributed by atoms with Gasteiger partial charge in [0.25, 0.3) is 10.2 Å². The molecule has 128 valence electrons. The summed E-state index contributed by atoms with van der Waals surface area (Å²) in [4.78, 5) is 0. The minimum absolute atomic E-state index is 0.312. The third-order valence-electron chi connectivity index (χ3n) is 4.63. The summed E-state index contributed by atoms with van der Waals surface area (Å²) in [5.41, 5.74) is 9.79. The summed E-state index contributed by atoms with van der Waals surface area (Å²) in [6, 6.07) is 14.0. The normalized spacial score (nSPS) is 17.3. The third-order valence-corrected chi connectivity index (χ3v) is 5.66. The van der Waals surface area contributed by atoms with Gasteiger partial charge in [0.1, 0.15) is 0 Å². The number of benzene rings is 2. The highest BCUT2D eigenvalue weighted by Gasteiger charge is 2.25. The molecule has 0 spiro atoms. The minimum atomic E-state index is -3.66. The van der Waals surface area contributed by atoms with E-state index in [4.69, 9.17) is 5.14 Å². The smallest absolute Gasteiger partial charge is 0.277 e. The second kappa shape index (κ2) is 5.80. The molecule has 2 aromatic carbocycles. The Bertz CT molecular complexity index is 1010. The molecular formula is C18H18N4O2S. The van der Waals surface area contributed by atoms with Gasteiger partial charge in [-0.05, 0) is 23.6 Å². The molecule has 0 saturated heterocycles. The lowest BCUT2D eigenvalue weighted by Crippen LogP contribution is -2.40. The monoisotopic (exact) mass is 354 g/mol. The molecule has 0 aromatic heterocycles. The van der Waals surface area contributed by atoms with E-state index in [1.54, 1.807) is 0 Å². The number of fused-ring (bicyclic) bond motifs is 2. The summed E-state index contributed by atoms with van der Waals surface area (Å²) >= 11 is 0. The second-order valence-corrected chi connectivity index (χ2v) is 7.75. The Morgan fingerprint density at radius 3 is 2.64 bits per heavy atom. The van der Waals surface area contributed by atoms with Crippen LogP contribution >= 0.6 is 0 Å². The number of hydrogen-bond acceptors (Lipinski definition) is 4. The molecule has 3 N–H and O–H groups in total. The molecule has 6 nitrogen and oxygen atoms in total. The molecule has 0 radical (unpaired) electrons. The Hall–Kier alpha value is -2.48. The Labute approximate surface area is 146 Å². The summed E-state index contributed by atoms with van der Waals surface area (Å²) in [7, 11) is -3.66. The molecule has 0 bridgehead atoms. The largest absolute Gasteiger partial charge is 0.278 e.